The van der Waals surface area contributed by atoms with Crippen LogP contribution < -0.4 is 22.1 Å². The number of fused-ring (bicyclic) bond motifs is 1. The van der Waals surface area contributed by atoms with Crippen LogP contribution in [0.2, 0.25) is 0 Å². The van der Waals surface area contributed by atoms with Gasteiger partial charge in [-0.05, 0) is 67.6 Å². The molecule has 1 aliphatic carbocycles. The highest BCUT2D eigenvalue weighted by molar-refractivity contribution is 5.95. The number of aliphatic carboxylic acids is 1. The van der Waals surface area contributed by atoms with Crippen molar-refractivity contribution in [1.29, 1.82) is 0 Å². The maximum atomic E-state index is 11.7. The summed E-state index contributed by atoms with van der Waals surface area (Å²) < 4.78 is 36.8. The predicted octanol–water partition coefficient (Wildman–Crippen LogP) is 4.32. The quantitative estimate of drug-likeness (QED) is 0.243. The molecule has 2 aromatic carbocycles. The molecule has 1 aliphatic rings. The molecule has 198 valence electrons. The number of nitrogens with zero attached hydrogens (tertiary/aromatic N) is 2. The Morgan fingerprint density at radius 1 is 1.13 bits per heavy atom. The molecule has 6 N–H and O–H groups in total. The van der Waals surface area contributed by atoms with E-state index >= 15 is 0 Å². The minimum Gasteiger partial charge on any atom is -0.475 e. The number of alkyl halides is 3. The number of H-pyrrole nitrogens is 1. The SMILES string of the molecule is Cc1cnc(Nc2ccc(C(N)=O)c(C3CC3)c2)nc1Nc1ccc2oc(=O)[nH]c2c1.O=C(O)C(F)(F)F. The number of hydrogen-bond donors (Lipinski definition) is 5. The van der Waals surface area contributed by atoms with Gasteiger partial charge in [0, 0.05) is 28.7 Å². The minimum absolute atomic E-state index is 0.379. The summed E-state index contributed by atoms with van der Waals surface area (Å²) in [6.07, 6.45) is -1.24. The van der Waals surface area contributed by atoms with Crippen molar-refractivity contribution in [3.63, 3.8) is 0 Å². The number of aromatic nitrogens is 3. The lowest BCUT2D eigenvalue weighted by Gasteiger charge is -2.13. The van der Waals surface area contributed by atoms with Crippen molar-refractivity contribution in [2.75, 3.05) is 10.6 Å². The van der Waals surface area contributed by atoms with Gasteiger partial charge in [-0.25, -0.2) is 14.6 Å². The molecule has 5 rings (SSSR count). The lowest BCUT2D eigenvalue weighted by Crippen LogP contribution is -2.21. The van der Waals surface area contributed by atoms with E-state index in [4.69, 9.17) is 20.1 Å². The number of halogens is 3. The number of hydrogen-bond acceptors (Lipinski definition) is 8. The Morgan fingerprint density at radius 3 is 2.42 bits per heavy atom. The van der Waals surface area contributed by atoms with Gasteiger partial charge in [-0.15, -0.1) is 0 Å². The molecule has 1 saturated carbocycles. The molecule has 0 atom stereocenters. The number of aryl methyl sites for hydroxylation is 1. The van der Waals surface area contributed by atoms with Crippen LogP contribution in [0.5, 0.6) is 0 Å². The zero-order valence-corrected chi connectivity index (χ0v) is 19.7. The van der Waals surface area contributed by atoms with Gasteiger partial charge in [0.2, 0.25) is 11.9 Å². The Kier molecular flexibility index (Phi) is 7.06. The number of carboxylic acids is 1. The van der Waals surface area contributed by atoms with Crippen LogP contribution in [-0.4, -0.2) is 38.1 Å². The normalized spacial score (nSPS) is 12.9. The molecule has 38 heavy (non-hydrogen) atoms. The van der Waals surface area contributed by atoms with E-state index in [9.17, 15) is 22.8 Å². The monoisotopic (exact) mass is 530 g/mol. The molecular weight excluding hydrogens is 509 g/mol. The molecule has 2 aromatic heterocycles. The van der Waals surface area contributed by atoms with Gasteiger partial charge in [0.25, 0.3) is 0 Å². The zero-order valence-electron chi connectivity index (χ0n) is 19.7. The fourth-order valence-corrected chi connectivity index (χ4v) is 3.52. The third kappa shape index (κ3) is 6.27. The summed E-state index contributed by atoms with van der Waals surface area (Å²) in [7, 11) is 0. The summed E-state index contributed by atoms with van der Waals surface area (Å²) in [5.41, 5.74) is 10.5. The standard InChI is InChI=1S/C22H20N6O3.C2HF3O2/c1-11-10-24-21(26-13-4-6-15(19(23)29)16(8-13)12-2-3-12)28-20(11)25-14-5-7-18-17(9-14)27-22(30)31-18;3-2(4,5)1(6)7/h4-10,12H,2-3H2,1H3,(H2,23,29)(H,27,30)(H2,24,25,26,28);(H,6,7). The van der Waals surface area contributed by atoms with Gasteiger partial charge in [0.05, 0.1) is 5.52 Å². The highest BCUT2D eigenvalue weighted by atomic mass is 19.4. The van der Waals surface area contributed by atoms with Gasteiger partial charge in [-0.2, -0.15) is 18.2 Å². The number of carbonyl (C=O) groups is 2. The molecular formula is C24H21F3N6O5. The Hall–Kier alpha value is -4.88. The van der Waals surface area contributed by atoms with Gasteiger partial charge in [-0.3, -0.25) is 9.78 Å². The lowest BCUT2D eigenvalue weighted by molar-refractivity contribution is -0.192. The van der Waals surface area contributed by atoms with Crippen molar-refractivity contribution in [1.82, 2.24) is 15.0 Å². The number of rotatable bonds is 6. The van der Waals surface area contributed by atoms with E-state index in [1.807, 2.05) is 13.0 Å². The summed E-state index contributed by atoms with van der Waals surface area (Å²) in [5.74, 6) is -2.25. The Labute approximate surface area is 211 Å². The molecule has 11 nitrogen and oxygen atoms in total. The van der Waals surface area contributed by atoms with Crippen molar-refractivity contribution in [3.05, 3.63) is 69.8 Å². The number of nitrogens with one attached hydrogen (secondary N) is 3. The first kappa shape index (κ1) is 26.2. The van der Waals surface area contributed by atoms with Crippen molar-refractivity contribution >= 4 is 46.1 Å². The number of nitrogens with two attached hydrogens (primary N) is 1. The Balaban J connectivity index is 0.000000426. The first-order chi connectivity index (χ1) is 17.9. The van der Waals surface area contributed by atoms with Crippen LogP contribution in [0.4, 0.5) is 36.3 Å². The summed E-state index contributed by atoms with van der Waals surface area (Å²) in [6, 6.07) is 10.8. The van der Waals surface area contributed by atoms with Crippen molar-refractivity contribution < 1.29 is 32.3 Å². The van der Waals surface area contributed by atoms with Gasteiger partial charge in [-0.1, -0.05) is 0 Å². The predicted molar refractivity (Wildman–Crippen MR) is 131 cm³/mol. The van der Waals surface area contributed by atoms with Crippen LogP contribution in [0.25, 0.3) is 11.1 Å². The molecule has 0 saturated heterocycles. The topological polar surface area (TPSA) is 176 Å². The molecule has 4 aromatic rings. The zero-order chi connectivity index (χ0) is 27.6. The van der Waals surface area contributed by atoms with Crippen LogP contribution in [0.3, 0.4) is 0 Å². The van der Waals surface area contributed by atoms with Crippen LogP contribution >= 0.6 is 0 Å². The number of benzene rings is 2. The largest absolute Gasteiger partial charge is 0.490 e. The van der Waals surface area contributed by atoms with Gasteiger partial charge >= 0.3 is 17.9 Å². The minimum atomic E-state index is -5.08. The summed E-state index contributed by atoms with van der Waals surface area (Å²) in [5, 5.41) is 13.6. The van der Waals surface area contributed by atoms with E-state index < -0.39 is 23.8 Å². The van der Waals surface area contributed by atoms with E-state index in [-0.39, 0.29) is 0 Å². The highest BCUT2D eigenvalue weighted by Gasteiger charge is 2.38. The number of carboxylic acid groups (broad SMARTS) is 1. The summed E-state index contributed by atoms with van der Waals surface area (Å²) >= 11 is 0. The summed E-state index contributed by atoms with van der Waals surface area (Å²) in [6.45, 7) is 1.90. The molecule has 1 amide bonds. The molecule has 0 unspecified atom stereocenters. The average Bonchev–Trinajstić information content (AvgIpc) is 3.62. The van der Waals surface area contributed by atoms with E-state index in [0.29, 0.717) is 34.3 Å². The van der Waals surface area contributed by atoms with Crippen LogP contribution in [0.1, 0.15) is 40.2 Å². The van der Waals surface area contributed by atoms with Crippen LogP contribution in [-0.2, 0) is 4.79 Å². The number of oxazole rings is 1. The number of amides is 1. The van der Waals surface area contributed by atoms with Crippen molar-refractivity contribution in [2.24, 2.45) is 5.73 Å². The van der Waals surface area contributed by atoms with E-state index in [2.05, 4.69) is 25.6 Å². The number of anilines is 4. The first-order valence-electron chi connectivity index (χ1n) is 11.1. The molecule has 2 heterocycles. The van der Waals surface area contributed by atoms with Crippen LogP contribution in [0.15, 0.2) is 51.8 Å². The van der Waals surface area contributed by atoms with Gasteiger partial charge < -0.3 is 25.9 Å². The Morgan fingerprint density at radius 2 is 1.79 bits per heavy atom. The van der Waals surface area contributed by atoms with E-state index in [0.717, 1.165) is 35.3 Å². The third-order valence-corrected chi connectivity index (χ3v) is 5.49. The third-order valence-electron chi connectivity index (χ3n) is 5.49. The average molecular weight is 530 g/mol. The Bertz CT molecular complexity index is 1580. The second kappa shape index (κ2) is 10.2. The molecule has 0 spiro atoms. The van der Waals surface area contributed by atoms with E-state index in [1.165, 1.54) is 0 Å². The molecule has 14 heteroatoms. The number of primary amides is 1. The number of aromatic amines is 1. The van der Waals surface area contributed by atoms with E-state index in [1.54, 1.807) is 36.5 Å². The summed E-state index contributed by atoms with van der Waals surface area (Å²) in [4.78, 5) is 43.5. The van der Waals surface area contributed by atoms with Gasteiger partial charge in [0.15, 0.2) is 5.58 Å². The van der Waals surface area contributed by atoms with Crippen LogP contribution in [0, 0.1) is 6.92 Å². The molecule has 1 fully saturated rings. The fraction of sp³-hybridized carbons (Fsp3) is 0.208. The molecule has 0 radical (unpaired) electrons. The van der Waals surface area contributed by atoms with Crippen molar-refractivity contribution in [3.8, 4) is 0 Å². The highest BCUT2D eigenvalue weighted by Crippen LogP contribution is 2.42. The second-order valence-corrected chi connectivity index (χ2v) is 8.44. The number of carbonyl (C=O) groups excluding carboxylic acids is 1. The fourth-order valence-electron chi connectivity index (χ4n) is 3.52. The molecule has 0 aliphatic heterocycles. The lowest BCUT2D eigenvalue weighted by atomic mass is 10.0. The van der Waals surface area contributed by atoms with Gasteiger partial charge in [0.1, 0.15) is 5.82 Å². The first-order valence-corrected chi connectivity index (χ1v) is 11.1. The van der Waals surface area contributed by atoms with Crippen molar-refractivity contribution in [2.45, 2.75) is 31.9 Å². The maximum absolute atomic E-state index is 11.7. The molecule has 0 bridgehead atoms. The smallest absolute Gasteiger partial charge is 0.475 e. The second-order valence-electron chi connectivity index (χ2n) is 8.44. The maximum Gasteiger partial charge on any atom is 0.490 e.